The molecule has 0 atom stereocenters. The molecule has 1 aliphatic rings. The number of nitrogens with one attached hydrogen (secondary N) is 2. The first-order valence-electron chi connectivity index (χ1n) is 10.00. The summed E-state index contributed by atoms with van der Waals surface area (Å²) in [4.78, 5) is 18.5. The van der Waals surface area contributed by atoms with Gasteiger partial charge in [0.2, 0.25) is 5.91 Å². The first kappa shape index (κ1) is 20.9. The summed E-state index contributed by atoms with van der Waals surface area (Å²) in [6, 6.07) is 9.58. The minimum Gasteiger partial charge on any atom is -0.379 e. The average Bonchev–Trinajstić information content (AvgIpc) is 3.40. The fraction of sp³-hybridized carbons (Fsp3) is 0.476. The van der Waals surface area contributed by atoms with Gasteiger partial charge in [-0.3, -0.25) is 14.5 Å². The Labute approximate surface area is 171 Å². The predicted octanol–water partition coefficient (Wildman–Crippen LogP) is 1.96. The second-order valence-corrected chi connectivity index (χ2v) is 7.29. The van der Waals surface area contributed by atoms with E-state index in [9.17, 15) is 4.79 Å². The van der Waals surface area contributed by atoms with E-state index in [-0.39, 0.29) is 12.5 Å². The summed E-state index contributed by atoms with van der Waals surface area (Å²) in [5.74, 6) is 1.48. The van der Waals surface area contributed by atoms with E-state index in [1.165, 1.54) is 12.8 Å². The molecular formula is C21H30N6O2. The van der Waals surface area contributed by atoms with Crippen molar-refractivity contribution < 1.29 is 9.53 Å². The molecule has 1 heterocycles. The van der Waals surface area contributed by atoms with Crippen LogP contribution in [0.25, 0.3) is 0 Å². The number of benzene rings is 1. The maximum atomic E-state index is 12.1. The van der Waals surface area contributed by atoms with Gasteiger partial charge in [-0.15, -0.1) is 0 Å². The standard InChI is InChI=1S/C21H30N6O2/c1-22-21(26(2)11-12-29-16-17-7-8-17)23-14-18-5-3-6-19(13-18)25-20(28)15-27-10-4-9-24-27/h3-6,9-10,13,17H,7-8,11-12,14-16H2,1-2H3,(H,22,23)(H,25,28). The third-order valence-corrected chi connectivity index (χ3v) is 4.72. The lowest BCUT2D eigenvalue weighted by atomic mass is 10.2. The third kappa shape index (κ3) is 7.23. The van der Waals surface area contributed by atoms with Gasteiger partial charge in [-0.25, -0.2) is 0 Å². The normalized spacial score (nSPS) is 13.9. The number of carbonyl (C=O) groups excluding carboxylic acids is 1. The van der Waals surface area contributed by atoms with Crippen molar-refractivity contribution in [1.82, 2.24) is 20.0 Å². The SMILES string of the molecule is CN=C(NCc1cccc(NC(=O)Cn2cccn2)c1)N(C)CCOCC1CC1. The summed E-state index contributed by atoms with van der Waals surface area (Å²) in [7, 11) is 3.78. The quantitative estimate of drug-likeness (QED) is 0.363. The minimum absolute atomic E-state index is 0.111. The zero-order valence-electron chi connectivity index (χ0n) is 17.2. The molecule has 8 nitrogen and oxygen atoms in total. The first-order valence-corrected chi connectivity index (χ1v) is 10.00. The van der Waals surface area contributed by atoms with Gasteiger partial charge in [0.05, 0.1) is 6.61 Å². The van der Waals surface area contributed by atoms with Crippen LogP contribution >= 0.6 is 0 Å². The molecule has 156 valence electrons. The maximum absolute atomic E-state index is 12.1. The summed E-state index contributed by atoms with van der Waals surface area (Å²) in [5.41, 5.74) is 1.82. The highest BCUT2D eigenvalue weighted by Gasteiger charge is 2.21. The van der Waals surface area contributed by atoms with Crippen molar-refractivity contribution >= 4 is 17.6 Å². The van der Waals surface area contributed by atoms with E-state index in [1.807, 2.05) is 31.3 Å². The van der Waals surface area contributed by atoms with Gasteiger partial charge in [0.1, 0.15) is 6.54 Å². The van der Waals surface area contributed by atoms with E-state index < -0.39 is 0 Å². The number of amides is 1. The predicted molar refractivity (Wildman–Crippen MR) is 114 cm³/mol. The molecule has 1 fully saturated rings. The van der Waals surface area contributed by atoms with Crippen molar-refractivity contribution in [2.75, 3.05) is 39.2 Å². The zero-order valence-corrected chi connectivity index (χ0v) is 17.2. The van der Waals surface area contributed by atoms with Crippen LogP contribution in [0, 0.1) is 5.92 Å². The maximum Gasteiger partial charge on any atom is 0.246 e. The van der Waals surface area contributed by atoms with Crippen LogP contribution in [0.15, 0.2) is 47.7 Å². The van der Waals surface area contributed by atoms with Gasteiger partial charge in [-0.05, 0) is 42.5 Å². The number of aromatic nitrogens is 2. The largest absolute Gasteiger partial charge is 0.379 e. The molecule has 0 aliphatic heterocycles. The van der Waals surface area contributed by atoms with Gasteiger partial charge in [0.15, 0.2) is 5.96 Å². The number of anilines is 1. The van der Waals surface area contributed by atoms with Gasteiger partial charge in [0, 0.05) is 51.9 Å². The number of ether oxygens (including phenoxy) is 1. The Balaban J connectivity index is 1.43. The molecule has 1 saturated carbocycles. The van der Waals surface area contributed by atoms with Gasteiger partial charge in [0.25, 0.3) is 0 Å². The lowest BCUT2D eigenvalue weighted by Crippen LogP contribution is -2.40. The Morgan fingerprint density at radius 1 is 1.38 bits per heavy atom. The molecule has 0 unspecified atom stereocenters. The summed E-state index contributed by atoms with van der Waals surface area (Å²) >= 11 is 0. The summed E-state index contributed by atoms with van der Waals surface area (Å²) in [6.45, 7) is 3.17. The number of nitrogens with zero attached hydrogens (tertiary/aromatic N) is 4. The Bertz CT molecular complexity index is 801. The minimum atomic E-state index is -0.111. The van der Waals surface area contributed by atoms with E-state index >= 15 is 0 Å². The van der Waals surface area contributed by atoms with Gasteiger partial charge >= 0.3 is 0 Å². The number of guanidine groups is 1. The van der Waals surface area contributed by atoms with Crippen molar-refractivity contribution in [2.45, 2.75) is 25.9 Å². The smallest absolute Gasteiger partial charge is 0.246 e. The molecule has 0 saturated heterocycles. The van der Waals surface area contributed by atoms with E-state index in [2.05, 4.69) is 25.6 Å². The van der Waals surface area contributed by atoms with E-state index in [4.69, 9.17) is 4.74 Å². The number of carbonyl (C=O) groups is 1. The highest BCUT2D eigenvalue weighted by molar-refractivity contribution is 5.90. The fourth-order valence-electron chi connectivity index (χ4n) is 2.91. The Hall–Kier alpha value is -2.87. The third-order valence-electron chi connectivity index (χ3n) is 4.72. The van der Waals surface area contributed by atoms with Crippen LogP contribution in [0.4, 0.5) is 5.69 Å². The number of aliphatic imine (C=N–C) groups is 1. The van der Waals surface area contributed by atoms with E-state index in [1.54, 1.807) is 30.2 Å². The Morgan fingerprint density at radius 2 is 2.24 bits per heavy atom. The van der Waals surface area contributed by atoms with Crippen molar-refractivity contribution in [2.24, 2.45) is 10.9 Å². The lowest BCUT2D eigenvalue weighted by Gasteiger charge is -2.22. The molecule has 29 heavy (non-hydrogen) atoms. The van der Waals surface area contributed by atoms with Crippen molar-refractivity contribution in [1.29, 1.82) is 0 Å². The molecule has 3 rings (SSSR count). The molecule has 2 aromatic rings. The van der Waals surface area contributed by atoms with E-state index in [0.717, 1.165) is 36.3 Å². The topological polar surface area (TPSA) is 83.8 Å². The molecule has 0 bridgehead atoms. The van der Waals surface area contributed by atoms with E-state index in [0.29, 0.717) is 13.2 Å². The molecule has 1 aliphatic carbocycles. The molecule has 2 N–H and O–H groups in total. The molecule has 1 aromatic carbocycles. The summed E-state index contributed by atoms with van der Waals surface area (Å²) < 4.78 is 7.30. The molecule has 0 radical (unpaired) electrons. The van der Waals surface area contributed by atoms with Crippen molar-refractivity contribution in [3.05, 3.63) is 48.3 Å². The van der Waals surface area contributed by atoms with Crippen LogP contribution in [0.1, 0.15) is 18.4 Å². The second kappa shape index (κ2) is 10.6. The fourth-order valence-corrected chi connectivity index (χ4v) is 2.91. The number of hydrogen-bond donors (Lipinski definition) is 2. The van der Waals surface area contributed by atoms with Crippen LogP contribution < -0.4 is 10.6 Å². The highest BCUT2D eigenvalue weighted by atomic mass is 16.5. The summed E-state index contributed by atoms with van der Waals surface area (Å²) in [6.07, 6.45) is 6.03. The van der Waals surface area contributed by atoms with Crippen LogP contribution in [0.2, 0.25) is 0 Å². The van der Waals surface area contributed by atoms with Crippen LogP contribution in [0.5, 0.6) is 0 Å². The summed E-state index contributed by atoms with van der Waals surface area (Å²) in [5, 5.41) is 10.3. The Kier molecular flexibility index (Phi) is 7.63. The molecular weight excluding hydrogens is 368 g/mol. The van der Waals surface area contributed by atoms with Gasteiger partial charge < -0.3 is 20.3 Å². The number of hydrogen-bond acceptors (Lipinski definition) is 4. The highest BCUT2D eigenvalue weighted by Crippen LogP contribution is 2.28. The van der Waals surface area contributed by atoms with Crippen molar-refractivity contribution in [3.63, 3.8) is 0 Å². The Morgan fingerprint density at radius 3 is 2.97 bits per heavy atom. The van der Waals surface area contributed by atoms with Crippen LogP contribution in [0.3, 0.4) is 0 Å². The van der Waals surface area contributed by atoms with Crippen LogP contribution in [-0.2, 0) is 22.6 Å². The van der Waals surface area contributed by atoms with Crippen molar-refractivity contribution in [3.8, 4) is 0 Å². The molecule has 1 amide bonds. The molecule has 8 heteroatoms. The monoisotopic (exact) mass is 398 g/mol. The number of likely N-dealkylation sites (N-methyl/N-ethyl adjacent to an activating group) is 1. The first-order chi connectivity index (χ1) is 14.1. The lowest BCUT2D eigenvalue weighted by molar-refractivity contribution is -0.116. The molecule has 0 spiro atoms. The van der Waals surface area contributed by atoms with Gasteiger partial charge in [-0.1, -0.05) is 12.1 Å². The zero-order chi connectivity index (χ0) is 20.5. The second-order valence-electron chi connectivity index (χ2n) is 7.29. The van der Waals surface area contributed by atoms with Crippen LogP contribution in [-0.4, -0.2) is 60.4 Å². The number of rotatable bonds is 10. The van der Waals surface area contributed by atoms with Gasteiger partial charge in [-0.2, -0.15) is 5.10 Å². The average molecular weight is 399 g/mol. The molecule has 1 aromatic heterocycles.